The number of anilines is 1. The number of hydroxylamine groups is 1. The molecule has 20 heteroatoms. The summed E-state index contributed by atoms with van der Waals surface area (Å²) in [5.41, 5.74) is 7.06. The molecule has 4 heterocycles. The molecular formula is C33H30N8O9S3. The Morgan fingerprint density at radius 3 is 2.53 bits per heavy atom. The summed E-state index contributed by atoms with van der Waals surface area (Å²) in [4.78, 5) is 71.3. The lowest BCUT2D eigenvalue weighted by Gasteiger charge is -2.49. The largest absolute Gasteiger partial charge is 0.504 e. The zero-order chi connectivity index (χ0) is 38.0. The minimum atomic E-state index is -1.71. The van der Waals surface area contributed by atoms with E-state index in [9.17, 15) is 34.5 Å². The number of nitrogens with one attached hydrogen (secondary N) is 2. The molecule has 0 bridgehead atoms. The van der Waals surface area contributed by atoms with E-state index in [1.54, 1.807) is 12.3 Å². The van der Waals surface area contributed by atoms with Gasteiger partial charge in [-0.15, -0.1) is 34.9 Å². The molecule has 2 aliphatic rings. The average molecular weight is 779 g/mol. The number of hydrogen-bond acceptors (Lipinski definition) is 16. The first-order chi connectivity index (χ1) is 25.3. The molecule has 17 nitrogen and oxygen atoms in total. The molecule has 4 aromatic rings. The second kappa shape index (κ2) is 15.1. The van der Waals surface area contributed by atoms with Crippen LogP contribution in [0.25, 0.3) is 22.5 Å². The molecule has 0 unspecified atom stereocenters. The molecule has 0 aliphatic carbocycles. The topological polar surface area (TPSA) is 263 Å². The fourth-order valence-electron chi connectivity index (χ4n) is 5.19. The number of phenolic OH excluding ortho intramolecular Hbond substituents is 2. The first-order valence-electron chi connectivity index (χ1n) is 15.5. The summed E-state index contributed by atoms with van der Waals surface area (Å²) >= 11 is 3.47. The van der Waals surface area contributed by atoms with Crippen molar-refractivity contribution in [3.63, 3.8) is 0 Å². The Labute approximate surface area is 312 Å². The summed E-state index contributed by atoms with van der Waals surface area (Å²) in [5.74, 6) is -3.78. The van der Waals surface area contributed by atoms with E-state index in [1.165, 1.54) is 60.4 Å². The molecule has 0 saturated carbocycles. The second-order valence-corrected chi connectivity index (χ2v) is 14.9. The molecule has 8 N–H and O–H groups in total. The Kier molecular flexibility index (Phi) is 10.6. The number of thiazole rings is 1. The van der Waals surface area contributed by atoms with Crippen molar-refractivity contribution in [1.82, 2.24) is 30.6 Å². The summed E-state index contributed by atoms with van der Waals surface area (Å²) in [6.45, 7) is 2.58. The van der Waals surface area contributed by atoms with Crippen molar-refractivity contribution >= 4 is 69.4 Å². The Morgan fingerprint density at radius 1 is 1.11 bits per heavy atom. The summed E-state index contributed by atoms with van der Waals surface area (Å²) in [7, 11) is 0. The molecule has 2 atom stereocenters. The van der Waals surface area contributed by atoms with Crippen LogP contribution in [-0.2, 0) is 24.0 Å². The Morgan fingerprint density at radius 2 is 1.87 bits per heavy atom. The predicted molar refractivity (Wildman–Crippen MR) is 195 cm³/mol. The summed E-state index contributed by atoms with van der Waals surface area (Å²) in [6.07, 6.45) is 1.58. The lowest BCUT2D eigenvalue weighted by molar-refractivity contribution is -0.152. The third kappa shape index (κ3) is 7.61. The van der Waals surface area contributed by atoms with Gasteiger partial charge in [0, 0.05) is 34.2 Å². The monoisotopic (exact) mass is 778 g/mol. The predicted octanol–water partition coefficient (Wildman–Crippen LogP) is 2.80. The number of carboxylic acids is 1. The number of nitrogens with two attached hydrogens (primary N) is 1. The van der Waals surface area contributed by atoms with Crippen molar-refractivity contribution in [3.8, 4) is 34.0 Å². The number of fused-ring (bicyclic) bond motifs is 1. The van der Waals surface area contributed by atoms with Gasteiger partial charge in [0.2, 0.25) is 5.60 Å². The van der Waals surface area contributed by atoms with Gasteiger partial charge in [0.25, 0.3) is 17.7 Å². The molecule has 3 amide bonds. The second-order valence-electron chi connectivity index (χ2n) is 11.9. The van der Waals surface area contributed by atoms with Gasteiger partial charge >= 0.3 is 5.97 Å². The van der Waals surface area contributed by atoms with E-state index in [0.717, 1.165) is 21.8 Å². The first kappa shape index (κ1) is 37.1. The number of carbonyl (C=O) groups excluding carboxylic acids is 3. The third-order valence-electron chi connectivity index (χ3n) is 7.98. The van der Waals surface area contributed by atoms with E-state index >= 15 is 0 Å². The number of rotatable bonds is 12. The van der Waals surface area contributed by atoms with Crippen molar-refractivity contribution in [2.24, 2.45) is 5.16 Å². The van der Waals surface area contributed by atoms with E-state index in [1.807, 2.05) is 30.3 Å². The van der Waals surface area contributed by atoms with Crippen LogP contribution < -0.4 is 16.5 Å². The number of β-lactam (4-membered cyclic amide) rings is 1. The number of aromatic hydroxyl groups is 2. The van der Waals surface area contributed by atoms with Crippen LogP contribution in [0.15, 0.2) is 81.6 Å². The molecule has 6 rings (SSSR count). The highest BCUT2D eigenvalue weighted by molar-refractivity contribution is 8.01. The van der Waals surface area contributed by atoms with Crippen LogP contribution in [-0.4, -0.2) is 98.3 Å². The number of oxime groups is 1. The maximum Gasteiger partial charge on any atom is 0.352 e. The maximum atomic E-state index is 13.5. The quantitative estimate of drug-likeness (QED) is 0.0207. The van der Waals surface area contributed by atoms with Crippen molar-refractivity contribution in [2.45, 2.75) is 35.9 Å². The van der Waals surface area contributed by atoms with Gasteiger partial charge in [0.15, 0.2) is 28.2 Å². The van der Waals surface area contributed by atoms with E-state index in [-0.39, 0.29) is 39.5 Å². The Balaban J connectivity index is 1.24. The minimum absolute atomic E-state index is 0.00223. The molecule has 2 aliphatic heterocycles. The van der Waals surface area contributed by atoms with Crippen LogP contribution in [0.1, 0.15) is 19.5 Å². The van der Waals surface area contributed by atoms with E-state index in [0.29, 0.717) is 27.6 Å². The highest BCUT2D eigenvalue weighted by Crippen LogP contribution is 2.43. The molecule has 1 saturated heterocycles. The van der Waals surface area contributed by atoms with Gasteiger partial charge in [0.05, 0.1) is 0 Å². The lowest BCUT2D eigenvalue weighted by Crippen LogP contribution is -2.71. The number of carbonyl (C=O) groups is 4. The van der Waals surface area contributed by atoms with Crippen molar-refractivity contribution in [2.75, 3.05) is 17.2 Å². The van der Waals surface area contributed by atoms with Gasteiger partial charge in [-0.2, -0.15) is 0 Å². The Hall–Kier alpha value is -5.70. The number of hydrogen-bond donors (Lipinski definition) is 7. The number of aromatic nitrogens is 3. The number of amides is 3. The summed E-state index contributed by atoms with van der Waals surface area (Å²) in [5, 5.41) is 47.0. The van der Waals surface area contributed by atoms with E-state index < -0.39 is 46.4 Å². The van der Waals surface area contributed by atoms with Gasteiger partial charge in [-0.1, -0.05) is 41.6 Å². The molecule has 53 heavy (non-hydrogen) atoms. The van der Waals surface area contributed by atoms with E-state index in [2.05, 4.69) is 20.4 Å². The molecule has 1 fully saturated rings. The van der Waals surface area contributed by atoms with Crippen LogP contribution in [0.3, 0.4) is 0 Å². The zero-order valence-corrected chi connectivity index (χ0v) is 30.2. The molecular weight excluding hydrogens is 749 g/mol. The SMILES string of the molecule is CC(C)(ON=C(C(=O)N[C@@H]1C(=O)N2C(C(=O)O)=C(CSc3nc(-c4ccccc4)ncc3-c3ccc(O)c(O)c3)CS[C@H]12)c1csc(N)n1)C(=O)NO. The van der Waals surface area contributed by atoms with Crippen LogP contribution in [0.4, 0.5) is 5.13 Å². The van der Waals surface area contributed by atoms with Crippen LogP contribution in [0, 0.1) is 0 Å². The summed E-state index contributed by atoms with van der Waals surface area (Å²) < 4.78 is 0. The standard InChI is InChI=1S/C33H30N8O9S3/c1-33(2,31(48)39-49)50-40-22(19-14-53-32(34)36-19)26(44)37-23-28(45)41-24(30(46)47)17(13-52-29(23)41)12-51-27-18(16-8-9-20(42)21(43)10-16)11-35-25(38-27)15-6-4-3-5-7-15/h3-11,14,23,29,42-43,49H,12-13H2,1-2H3,(H2,34,36)(H,37,44)(H,39,48)(H,46,47)/t23-,29-/m1/s1. The van der Waals surface area contributed by atoms with Gasteiger partial charge in [-0.25, -0.2) is 25.2 Å². The molecule has 2 aromatic carbocycles. The first-order valence-corrected chi connectivity index (χ1v) is 18.4. The van der Waals surface area contributed by atoms with Crippen LogP contribution >= 0.6 is 34.9 Å². The minimum Gasteiger partial charge on any atom is -0.504 e. The van der Waals surface area contributed by atoms with Gasteiger partial charge in [-0.3, -0.25) is 24.5 Å². The smallest absolute Gasteiger partial charge is 0.352 e. The molecule has 2 aromatic heterocycles. The van der Waals surface area contributed by atoms with Crippen LogP contribution in [0.2, 0.25) is 0 Å². The van der Waals surface area contributed by atoms with Crippen molar-refractivity contribution in [1.29, 1.82) is 0 Å². The fraction of sp³-hybridized carbons (Fsp3) is 0.212. The third-order valence-corrected chi connectivity index (χ3v) is 11.1. The maximum absolute atomic E-state index is 13.5. The van der Waals surface area contributed by atoms with Crippen LogP contribution in [0.5, 0.6) is 11.5 Å². The number of benzene rings is 2. The zero-order valence-electron chi connectivity index (χ0n) is 27.7. The number of aliphatic carboxylic acids is 1. The average Bonchev–Trinajstić information content (AvgIpc) is 3.58. The van der Waals surface area contributed by atoms with Crippen molar-refractivity contribution in [3.05, 3.63) is 77.1 Å². The molecule has 0 spiro atoms. The molecule has 0 radical (unpaired) electrons. The summed E-state index contributed by atoms with van der Waals surface area (Å²) in [6, 6.07) is 12.4. The van der Waals surface area contributed by atoms with Gasteiger partial charge < -0.3 is 31.2 Å². The van der Waals surface area contributed by atoms with Gasteiger partial charge in [0.1, 0.15) is 27.8 Å². The number of nitrogen functional groups attached to an aromatic ring is 1. The number of thioether (sulfide) groups is 2. The van der Waals surface area contributed by atoms with Gasteiger partial charge in [-0.05, 0) is 37.1 Å². The Bertz CT molecular complexity index is 2180. The molecule has 274 valence electrons. The fourth-order valence-corrected chi connectivity index (χ4v) is 8.24. The highest BCUT2D eigenvalue weighted by atomic mass is 32.2. The van der Waals surface area contributed by atoms with E-state index in [4.69, 9.17) is 20.8 Å². The highest BCUT2D eigenvalue weighted by Gasteiger charge is 2.54. The number of carboxylic acid groups (broad SMARTS) is 1. The lowest BCUT2D eigenvalue weighted by atomic mass is 10.0. The van der Waals surface area contributed by atoms with Crippen molar-refractivity contribution < 1.29 is 44.5 Å². The number of nitrogens with zero attached hydrogens (tertiary/aromatic N) is 5. The normalized spacial score (nSPS) is 17.2. The number of phenols is 2.